The van der Waals surface area contributed by atoms with Crippen LogP contribution in [0.5, 0.6) is 0 Å². The molecule has 20 heavy (non-hydrogen) atoms. The van der Waals surface area contributed by atoms with Crippen LogP contribution in [0.15, 0.2) is 41.6 Å². The van der Waals surface area contributed by atoms with Crippen LogP contribution in [-0.2, 0) is 9.84 Å². The van der Waals surface area contributed by atoms with Gasteiger partial charge in [-0.05, 0) is 12.1 Å². The van der Waals surface area contributed by atoms with Gasteiger partial charge in [-0.2, -0.15) is 13.9 Å². The van der Waals surface area contributed by atoms with E-state index < -0.39 is 26.4 Å². The monoisotopic (exact) mass is 301 g/mol. The summed E-state index contributed by atoms with van der Waals surface area (Å²) in [5, 5.41) is 8.23. The maximum absolute atomic E-state index is 12.6. The Hall–Kier alpha value is -2.29. The maximum atomic E-state index is 12.6. The summed E-state index contributed by atoms with van der Waals surface area (Å²) in [5.41, 5.74) is -0.0618. The second-order valence-corrected chi connectivity index (χ2v) is 5.63. The number of aromatic nitrogens is 2. The van der Waals surface area contributed by atoms with Crippen LogP contribution < -0.4 is 5.32 Å². The van der Waals surface area contributed by atoms with Crippen molar-refractivity contribution in [2.24, 2.45) is 0 Å². The van der Waals surface area contributed by atoms with Crippen molar-refractivity contribution in [1.82, 2.24) is 10.2 Å². The molecule has 0 fully saturated rings. The Morgan fingerprint density at radius 3 is 2.60 bits per heavy atom. The second kappa shape index (κ2) is 5.37. The van der Waals surface area contributed by atoms with E-state index in [1.807, 2.05) is 0 Å². The Balaban J connectivity index is 2.37. The molecule has 1 heterocycles. The van der Waals surface area contributed by atoms with E-state index in [-0.39, 0.29) is 11.3 Å². The van der Waals surface area contributed by atoms with Gasteiger partial charge in [0.2, 0.25) is 9.84 Å². The van der Waals surface area contributed by atoms with E-state index >= 15 is 0 Å². The number of rotatable bonds is 4. The van der Waals surface area contributed by atoms with Gasteiger partial charge in [0.25, 0.3) is 5.91 Å². The predicted molar refractivity (Wildman–Crippen MR) is 66.2 cm³/mol. The number of hydrogen-bond acceptors (Lipinski definition) is 4. The van der Waals surface area contributed by atoms with E-state index in [0.29, 0.717) is 0 Å². The lowest BCUT2D eigenvalue weighted by atomic mass is 10.3. The van der Waals surface area contributed by atoms with Gasteiger partial charge < -0.3 is 5.32 Å². The van der Waals surface area contributed by atoms with E-state index in [1.165, 1.54) is 30.6 Å². The minimum absolute atomic E-state index is 0.147. The SMILES string of the molecule is O=C(Nc1ccccc1S(=O)(=O)C(F)F)c1cn[nH]c1. The van der Waals surface area contributed by atoms with Crippen LogP contribution in [0.3, 0.4) is 0 Å². The van der Waals surface area contributed by atoms with Gasteiger partial charge in [0, 0.05) is 6.20 Å². The van der Waals surface area contributed by atoms with Crippen molar-refractivity contribution in [3.05, 3.63) is 42.2 Å². The largest absolute Gasteiger partial charge is 0.341 e. The number of hydrogen-bond donors (Lipinski definition) is 2. The maximum Gasteiger partial charge on any atom is 0.341 e. The number of nitrogens with zero attached hydrogens (tertiary/aromatic N) is 1. The highest BCUT2D eigenvalue weighted by Gasteiger charge is 2.29. The number of benzene rings is 1. The number of alkyl halides is 2. The molecular formula is C11H9F2N3O3S. The lowest BCUT2D eigenvalue weighted by Gasteiger charge is -2.10. The zero-order chi connectivity index (χ0) is 14.8. The van der Waals surface area contributed by atoms with Gasteiger partial charge in [-0.1, -0.05) is 12.1 Å². The number of sulfone groups is 1. The van der Waals surface area contributed by atoms with Crippen molar-refractivity contribution < 1.29 is 22.0 Å². The molecule has 1 amide bonds. The minimum atomic E-state index is -4.79. The highest BCUT2D eigenvalue weighted by molar-refractivity contribution is 7.91. The molecule has 0 bridgehead atoms. The first-order valence-corrected chi connectivity index (χ1v) is 6.89. The van der Waals surface area contributed by atoms with Gasteiger partial charge in [0.15, 0.2) is 0 Å². The lowest BCUT2D eigenvalue weighted by Crippen LogP contribution is -2.17. The molecule has 2 aromatic rings. The van der Waals surface area contributed by atoms with E-state index in [9.17, 15) is 22.0 Å². The van der Waals surface area contributed by atoms with Gasteiger partial charge >= 0.3 is 5.76 Å². The van der Waals surface area contributed by atoms with Gasteiger partial charge in [-0.25, -0.2) is 8.42 Å². The Morgan fingerprint density at radius 2 is 2.00 bits per heavy atom. The molecule has 0 unspecified atom stereocenters. The number of carbonyl (C=O) groups excluding carboxylic acids is 1. The van der Waals surface area contributed by atoms with E-state index in [1.54, 1.807) is 0 Å². The summed E-state index contributed by atoms with van der Waals surface area (Å²) in [4.78, 5) is 11.1. The lowest BCUT2D eigenvalue weighted by molar-refractivity contribution is 0.102. The van der Waals surface area contributed by atoms with Crippen LogP contribution >= 0.6 is 0 Å². The molecule has 0 aliphatic heterocycles. The number of para-hydroxylation sites is 1. The molecule has 0 radical (unpaired) electrons. The van der Waals surface area contributed by atoms with Crippen molar-refractivity contribution in [2.75, 3.05) is 5.32 Å². The number of halogens is 2. The summed E-state index contributed by atoms with van der Waals surface area (Å²) in [6.45, 7) is 0. The number of amides is 1. The molecule has 0 spiro atoms. The molecule has 1 aromatic heterocycles. The van der Waals surface area contributed by atoms with E-state index in [4.69, 9.17) is 0 Å². The fraction of sp³-hybridized carbons (Fsp3) is 0.0909. The molecule has 0 aliphatic rings. The highest BCUT2D eigenvalue weighted by Crippen LogP contribution is 2.26. The zero-order valence-electron chi connectivity index (χ0n) is 9.88. The smallest absolute Gasteiger partial charge is 0.321 e. The number of carbonyl (C=O) groups is 1. The minimum Gasteiger partial charge on any atom is -0.321 e. The Morgan fingerprint density at radius 1 is 1.30 bits per heavy atom. The number of aromatic amines is 1. The van der Waals surface area contributed by atoms with E-state index in [2.05, 4.69) is 15.5 Å². The number of anilines is 1. The Kier molecular flexibility index (Phi) is 3.79. The van der Waals surface area contributed by atoms with Crippen LogP contribution in [0.2, 0.25) is 0 Å². The molecule has 0 aliphatic carbocycles. The fourth-order valence-corrected chi connectivity index (χ4v) is 2.37. The standard InChI is InChI=1S/C11H9F2N3O3S/c12-11(13)20(18,19)9-4-2-1-3-8(9)16-10(17)7-5-14-15-6-7/h1-6,11H,(H,14,15)(H,16,17). The summed E-state index contributed by atoms with van der Waals surface area (Å²) < 4.78 is 48.1. The number of nitrogens with one attached hydrogen (secondary N) is 2. The number of H-pyrrole nitrogens is 1. The van der Waals surface area contributed by atoms with Gasteiger partial charge in [0.05, 0.1) is 22.3 Å². The van der Waals surface area contributed by atoms with E-state index in [0.717, 1.165) is 6.07 Å². The molecule has 0 atom stereocenters. The summed E-state index contributed by atoms with van der Waals surface area (Å²) >= 11 is 0. The van der Waals surface area contributed by atoms with Crippen molar-refractivity contribution in [2.45, 2.75) is 10.7 Å². The summed E-state index contributed by atoms with van der Waals surface area (Å²) in [6, 6.07) is 4.96. The Bertz CT molecular complexity index is 714. The van der Waals surface area contributed by atoms with Crippen LogP contribution in [0, 0.1) is 0 Å². The third-order valence-corrected chi connectivity index (χ3v) is 3.87. The predicted octanol–water partition coefficient (Wildman–Crippen LogP) is 1.66. The molecule has 2 N–H and O–H groups in total. The third kappa shape index (κ3) is 2.67. The van der Waals surface area contributed by atoms with Gasteiger partial charge in [-0.15, -0.1) is 0 Å². The topological polar surface area (TPSA) is 91.9 Å². The molecule has 6 nitrogen and oxygen atoms in total. The Labute approximate surface area is 112 Å². The molecule has 1 aromatic carbocycles. The van der Waals surface area contributed by atoms with Crippen molar-refractivity contribution in [3.8, 4) is 0 Å². The van der Waals surface area contributed by atoms with Crippen LogP contribution in [-0.4, -0.2) is 30.3 Å². The molecule has 0 saturated carbocycles. The van der Waals surface area contributed by atoms with Gasteiger partial charge in [0.1, 0.15) is 0 Å². The quantitative estimate of drug-likeness (QED) is 0.898. The molecule has 0 saturated heterocycles. The van der Waals surface area contributed by atoms with Crippen LogP contribution in [0.25, 0.3) is 0 Å². The molecular weight excluding hydrogens is 292 g/mol. The van der Waals surface area contributed by atoms with Crippen LogP contribution in [0.4, 0.5) is 14.5 Å². The molecule has 9 heteroatoms. The van der Waals surface area contributed by atoms with Crippen LogP contribution in [0.1, 0.15) is 10.4 Å². The normalized spacial score (nSPS) is 11.6. The summed E-state index contributed by atoms with van der Waals surface area (Å²) in [5.74, 6) is -4.22. The first kappa shape index (κ1) is 14.1. The second-order valence-electron chi connectivity index (χ2n) is 3.74. The summed E-state index contributed by atoms with van der Waals surface area (Å²) in [6.07, 6.45) is 2.51. The zero-order valence-corrected chi connectivity index (χ0v) is 10.7. The first-order valence-electron chi connectivity index (χ1n) is 5.34. The van der Waals surface area contributed by atoms with Crippen molar-refractivity contribution in [1.29, 1.82) is 0 Å². The summed E-state index contributed by atoms with van der Waals surface area (Å²) in [7, 11) is -4.79. The first-order chi connectivity index (χ1) is 9.43. The van der Waals surface area contributed by atoms with Crippen molar-refractivity contribution >= 4 is 21.4 Å². The molecule has 2 rings (SSSR count). The molecule has 106 valence electrons. The van der Waals surface area contributed by atoms with Gasteiger partial charge in [-0.3, -0.25) is 9.89 Å². The average Bonchev–Trinajstić information content (AvgIpc) is 2.93. The average molecular weight is 301 g/mol. The highest BCUT2D eigenvalue weighted by atomic mass is 32.2. The third-order valence-electron chi connectivity index (χ3n) is 2.44. The van der Waals surface area contributed by atoms with Crippen molar-refractivity contribution in [3.63, 3.8) is 0 Å². The fourth-order valence-electron chi connectivity index (χ4n) is 1.48.